The van der Waals surface area contributed by atoms with E-state index in [1.807, 2.05) is 6.92 Å². The minimum Gasteiger partial charge on any atom is -0.247 e. The van der Waals surface area contributed by atoms with Crippen LogP contribution in [-0.4, -0.2) is 6.67 Å². The molecule has 0 radical (unpaired) electrons. The highest BCUT2D eigenvalue weighted by molar-refractivity contribution is 5.00. The summed E-state index contributed by atoms with van der Waals surface area (Å²) < 4.78 is 11.5. The Morgan fingerprint density at radius 3 is 2.25 bits per heavy atom. The summed E-state index contributed by atoms with van der Waals surface area (Å²) >= 11 is 0. The summed E-state index contributed by atoms with van der Waals surface area (Å²) in [7, 11) is 0. The molecule has 0 rings (SSSR count). The van der Waals surface area contributed by atoms with E-state index in [-0.39, 0.29) is 6.67 Å². The molecule has 0 aliphatic carbocycles. The maximum Gasteiger partial charge on any atom is 0.108 e. The van der Waals surface area contributed by atoms with Crippen molar-refractivity contribution in [1.82, 2.24) is 0 Å². The van der Waals surface area contributed by atoms with Crippen LogP contribution in [0.15, 0.2) is 11.6 Å². The Labute approximate surface area is 50.4 Å². The molecule has 0 aliphatic rings. The van der Waals surface area contributed by atoms with E-state index in [1.165, 1.54) is 0 Å². The first-order valence-corrected chi connectivity index (χ1v) is 2.91. The lowest BCUT2D eigenvalue weighted by atomic mass is 10.1. The second-order valence-corrected chi connectivity index (χ2v) is 2.26. The van der Waals surface area contributed by atoms with E-state index >= 15 is 0 Å². The number of hydrogen-bond acceptors (Lipinski definition) is 0. The van der Waals surface area contributed by atoms with E-state index < -0.39 is 0 Å². The highest BCUT2D eigenvalue weighted by atomic mass is 19.1. The number of rotatable bonds is 2. The normalized spacial score (nSPS) is 12.9. The Kier molecular flexibility index (Phi) is 3.49. The van der Waals surface area contributed by atoms with Gasteiger partial charge in [0.05, 0.1) is 0 Å². The molecule has 0 saturated carbocycles. The molecule has 0 atom stereocenters. The number of halogens is 1. The van der Waals surface area contributed by atoms with Gasteiger partial charge in [0, 0.05) is 0 Å². The highest BCUT2D eigenvalue weighted by Crippen LogP contribution is 2.06. The molecule has 0 fully saturated rings. The average Bonchev–Trinajstić information content (AvgIpc) is 1.67. The molecule has 0 spiro atoms. The second kappa shape index (κ2) is 3.65. The lowest BCUT2D eigenvalue weighted by Crippen LogP contribution is -1.88. The zero-order valence-electron chi connectivity index (χ0n) is 5.74. The quantitative estimate of drug-likeness (QED) is 0.486. The first kappa shape index (κ1) is 7.67. The largest absolute Gasteiger partial charge is 0.247 e. The molecular weight excluding hydrogens is 103 g/mol. The van der Waals surface area contributed by atoms with E-state index in [1.54, 1.807) is 6.08 Å². The van der Waals surface area contributed by atoms with Crippen LogP contribution < -0.4 is 0 Å². The van der Waals surface area contributed by atoms with Crippen LogP contribution in [0.25, 0.3) is 0 Å². The minimum atomic E-state index is -0.329. The van der Waals surface area contributed by atoms with E-state index in [4.69, 9.17) is 0 Å². The molecule has 0 aromatic heterocycles. The van der Waals surface area contributed by atoms with Gasteiger partial charge in [0.1, 0.15) is 6.67 Å². The molecule has 0 aromatic carbocycles. The summed E-state index contributed by atoms with van der Waals surface area (Å²) in [5.74, 6) is 0.491. The predicted octanol–water partition coefficient (Wildman–Crippen LogP) is 2.56. The summed E-state index contributed by atoms with van der Waals surface area (Å²) in [5.41, 5.74) is 1.13. The van der Waals surface area contributed by atoms with Crippen molar-refractivity contribution in [3.05, 3.63) is 11.6 Å². The van der Waals surface area contributed by atoms with Crippen molar-refractivity contribution in [3.63, 3.8) is 0 Å². The fourth-order valence-corrected chi connectivity index (χ4v) is 0.357. The van der Waals surface area contributed by atoms with Gasteiger partial charge in [-0.2, -0.15) is 0 Å². The molecule has 1 heteroatoms. The summed E-state index contributed by atoms with van der Waals surface area (Å²) in [6, 6.07) is 0. The van der Waals surface area contributed by atoms with Crippen LogP contribution in [0.3, 0.4) is 0 Å². The Hall–Kier alpha value is -0.330. The van der Waals surface area contributed by atoms with Crippen LogP contribution in [-0.2, 0) is 0 Å². The third-order valence-corrected chi connectivity index (χ3v) is 1.31. The zero-order chi connectivity index (χ0) is 6.57. The second-order valence-electron chi connectivity index (χ2n) is 2.26. The van der Waals surface area contributed by atoms with Crippen molar-refractivity contribution in [2.75, 3.05) is 6.67 Å². The van der Waals surface area contributed by atoms with Crippen LogP contribution in [0, 0.1) is 5.92 Å². The molecule has 0 aliphatic heterocycles. The van der Waals surface area contributed by atoms with Gasteiger partial charge in [-0.25, -0.2) is 4.39 Å². The van der Waals surface area contributed by atoms with Gasteiger partial charge >= 0.3 is 0 Å². The fraction of sp³-hybridized carbons (Fsp3) is 0.714. The van der Waals surface area contributed by atoms with Crippen LogP contribution in [0.1, 0.15) is 20.8 Å². The summed E-state index contributed by atoms with van der Waals surface area (Å²) in [5, 5.41) is 0. The van der Waals surface area contributed by atoms with Crippen molar-refractivity contribution in [2.24, 2.45) is 5.92 Å². The average molecular weight is 116 g/mol. The molecule has 0 unspecified atom stereocenters. The molecule has 0 heterocycles. The van der Waals surface area contributed by atoms with Crippen LogP contribution in [0.5, 0.6) is 0 Å². The summed E-state index contributed by atoms with van der Waals surface area (Å²) in [6.07, 6.45) is 1.62. The first-order chi connectivity index (χ1) is 3.68. The lowest BCUT2D eigenvalue weighted by molar-refractivity contribution is 0.555. The fourth-order valence-electron chi connectivity index (χ4n) is 0.357. The molecule has 48 valence electrons. The molecule has 0 amide bonds. The van der Waals surface area contributed by atoms with E-state index in [0.717, 1.165) is 5.57 Å². The zero-order valence-corrected chi connectivity index (χ0v) is 5.74. The molecule has 0 aromatic rings. The smallest absolute Gasteiger partial charge is 0.108 e. The summed E-state index contributed by atoms with van der Waals surface area (Å²) in [6.45, 7) is 5.73. The number of allylic oxidation sites excluding steroid dienone is 2. The Balaban J connectivity index is 3.61. The van der Waals surface area contributed by atoms with Crippen molar-refractivity contribution in [1.29, 1.82) is 0 Å². The van der Waals surface area contributed by atoms with Crippen molar-refractivity contribution < 1.29 is 4.39 Å². The first-order valence-electron chi connectivity index (χ1n) is 2.91. The molecule has 0 saturated heterocycles. The lowest BCUT2D eigenvalue weighted by Gasteiger charge is -2.01. The minimum absolute atomic E-state index is 0.329. The molecule has 0 bridgehead atoms. The van der Waals surface area contributed by atoms with Gasteiger partial charge in [0.2, 0.25) is 0 Å². The van der Waals surface area contributed by atoms with Gasteiger partial charge in [0.25, 0.3) is 0 Å². The van der Waals surface area contributed by atoms with Gasteiger partial charge in [-0.3, -0.25) is 0 Å². The molecule has 0 nitrogen and oxygen atoms in total. The van der Waals surface area contributed by atoms with Gasteiger partial charge in [-0.1, -0.05) is 25.5 Å². The monoisotopic (exact) mass is 116 g/mol. The topological polar surface area (TPSA) is 0 Å². The standard InChI is InChI=1S/C7H13F/c1-6(2)7(3)4-5-8/h4,6H,5H2,1-3H3. The van der Waals surface area contributed by atoms with Crippen molar-refractivity contribution >= 4 is 0 Å². The van der Waals surface area contributed by atoms with Gasteiger partial charge in [-0.05, 0) is 12.8 Å². The van der Waals surface area contributed by atoms with Crippen LogP contribution in [0.2, 0.25) is 0 Å². The highest BCUT2D eigenvalue weighted by Gasteiger charge is 1.92. The molecule has 8 heavy (non-hydrogen) atoms. The SMILES string of the molecule is CC(=CCF)C(C)C. The predicted molar refractivity (Wildman–Crippen MR) is 34.6 cm³/mol. The summed E-state index contributed by atoms with van der Waals surface area (Å²) in [4.78, 5) is 0. The maximum absolute atomic E-state index is 11.5. The Morgan fingerprint density at radius 2 is 2.12 bits per heavy atom. The van der Waals surface area contributed by atoms with Crippen molar-refractivity contribution in [3.8, 4) is 0 Å². The van der Waals surface area contributed by atoms with Crippen LogP contribution >= 0.6 is 0 Å². The Bertz CT molecular complexity index is 82.4. The van der Waals surface area contributed by atoms with Crippen LogP contribution in [0.4, 0.5) is 4.39 Å². The number of hydrogen-bond donors (Lipinski definition) is 0. The molecular formula is C7H13F. The maximum atomic E-state index is 11.5. The molecule has 0 N–H and O–H groups in total. The third-order valence-electron chi connectivity index (χ3n) is 1.31. The number of alkyl halides is 1. The van der Waals surface area contributed by atoms with Crippen molar-refractivity contribution in [2.45, 2.75) is 20.8 Å². The van der Waals surface area contributed by atoms with E-state index in [0.29, 0.717) is 5.92 Å². The van der Waals surface area contributed by atoms with Gasteiger partial charge < -0.3 is 0 Å². The third kappa shape index (κ3) is 2.78. The Morgan fingerprint density at radius 1 is 1.62 bits per heavy atom. The van der Waals surface area contributed by atoms with Gasteiger partial charge in [0.15, 0.2) is 0 Å². The van der Waals surface area contributed by atoms with E-state index in [9.17, 15) is 4.39 Å². The van der Waals surface area contributed by atoms with E-state index in [2.05, 4.69) is 13.8 Å². The van der Waals surface area contributed by atoms with Gasteiger partial charge in [-0.15, -0.1) is 0 Å².